The molecule has 0 saturated carbocycles. The van der Waals surface area contributed by atoms with Crippen molar-refractivity contribution in [2.45, 2.75) is 37.7 Å². The van der Waals surface area contributed by atoms with Crippen LogP contribution in [0.4, 0.5) is 13.2 Å². The molecule has 0 spiro atoms. The Balaban J connectivity index is 1.90. The zero-order valence-electron chi connectivity index (χ0n) is 16.4. The third-order valence-corrected chi connectivity index (χ3v) is 6.15. The van der Waals surface area contributed by atoms with Gasteiger partial charge in [0.1, 0.15) is 12.6 Å². The summed E-state index contributed by atoms with van der Waals surface area (Å²) in [5.41, 5.74) is 3.69. The van der Waals surface area contributed by atoms with E-state index in [-0.39, 0.29) is 28.9 Å². The number of nitriles is 1. The van der Waals surface area contributed by atoms with Crippen LogP contribution in [0, 0.1) is 17.1 Å². The number of ether oxygens (including phenoxy) is 2. The number of allylic oxidation sites excluding steroid dienone is 2. The maximum Gasteiger partial charge on any atom is 0.282 e. The summed E-state index contributed by atoms with van der Waals surface area (Å²) in [5.74, 6) is -4.01. The van der Waals surface area contributed by atoms with Gasteiger partial charge in [0.15, 0.2) is 6.10 Å². The maximum absolute atomic E-state index is 14.9. The molecule has 0 aliphatic heterocycles. The highest BCUT2D eigenvalue weighted by Crippen LogP contribution is 2.52. The first-order valence-corrected chi connectivity index (χ1v) is 9.86. The molecule has 4 rings (SSSR count). The van der Waals surface area contributed by atoms with E-state index < -0.39 is 24.3 Å². The molecule has 0 N–H and O–H groups in total. The van der Waals surface area contributed by atoms with Gasteiger partial charge in [0.05, 0.1) is 11.6 Å². The largest absolute Gasteiger partial charge is 0.359 e. The van der Waals surface area contributed by atoms with Crippen LogP contribution in [0.1, 0.15) is 58.7 Å². The van der Waals surface area contributed by atoms with Gasteiger partial charge in [-0.15, -0.1) is 0 Å². The van der Waals surface area contributed by atoms with Crippen molar-refractivity contribution in [1.82, 2.24) is 0 Å². The first-order valence-electron chi connectivity index (χ1n) is 9.48. The van der Waals surface area contributed by atoms with Gasteiger partial charge in [-0.1, -0.05) is 23.7 Å². The van der Waals surface area contributed by atoms with E-state index >= 15 is 0 Å². The van der Waals surface area contributed by atoms with E-state index in [0.29, 0.717) is 28.7 Å². The number of nitrogens with zero attached hydrogens (tertiary/aromatic N) is 1. The Bertz CT molecular complexity index is 1090. The van der Waals surface area contributed by atoms with Crippen LogP contribution in [0.3, 0.4) is 0 Å². The molecule has 0 bridgehead atoms. The Morgan fingerprint density at radius 2 is 2.03 bits per heavy atom. The highest BCUT2D eigenvalue weighted by Gasteiger charge is 2.51. The van der Waals surface area contributed by atoms with Crippen molar-refractivity contribution in [3.63, 3.8) is 0 Å². The smallest absolute Gasteiger partial charge is 0.282 e. The van der Waals surface area contributed by atoms with Crippen LogP contribution in [0.2, 0.25) is 5.02 Å². The fraction of sp³-hybridized carbons (Fsp3) is 0.348. The Kier molecular flexibility index (Phi) is 5.39. The first kappa shape index (κ1) is 20.9. The molecule has 2 atom stereocenters. The van der Waals surface area contributed by atoms with Crippen molar-refractivity contribution in [2.24, 2.45) is 0 Å². The lowest BCUT2D eigenvalue weighted by Crippen LogP contribution is -2.25. The molecule has 2 aliphatic rings. The molecule has 2 aliphatic carbocycles. The second-order valence-electron chi connectivity index (χ2n) is 7.62. The van der Waals surface area contributed by atoms with Crippen LogP contribution < -0.4 is 0 Å². The SMILES string of the molecule is COCO[C@H]1c2c(Cl)ccc([C@H]3CC=C(C)c4cc(F)cc(C#N)c43)c2CC1(F)F. The molecular weight excluding hydrogens is 415 g/mol. The zero-order chi connectivity index (χ0) is 21.6. The van der Waals surface area contributed by atoms with Gasteiger partial charge in [-0.25, -0.2) is 13.2 Å². The quantitative estimate of drug-likeness (QED) is 0.543. The van der Waals surface area contributed by atoms with Crippen LogP contribution in [0.5, 0.6) is 0 Å². The van der Waals surface area contributed by atoms with Gasteiger partial charge in [0, 0.05) is 30.0 Å². The molecule has 156 valence electrons. The van der Waals surface area contributed by atoms with Gasteiger partial charge in [-0.3, -0.25) is 0 Å². The molecule has 0 saturated heterocycles. The molecule has 0 unspecified atom stereocenters. The van der Waals surface area contributed by atoms with Gasteiger partial charge in [0.2, 0.25) is 0 Å². The molecule has 0 fully saturated rings. The third-order valence-electron chi connectivity index (χ3n) is 5.82. The zero-order valence-corrected chi connectivity index (χ0v) is 17.2. The van der Waals surface area contributed by atoms with Crippen LogP contribution in [-0.4, -0.2) is 19.8 Å². The van der Waals surface area contributed by atoms with Crippen molar-refractivity contribution in [3.8, 4) is 6.07 Å². The Morgan fingerprint density at radius 3 is 2.73 bits per heavy atom. The number of methoxy groups -OCH3 is 1. The van der Waals surface area contributed by atoms with E-state index in [9.17, 15) is 18.4 Å². The van der Waals surface area contributed by atoms with Gasteiger partial charge < -0.3 is 9.47 Å². The minimum absolute atomic E-state index is 0.203. The minimum atomic E-state index is -3.15. The van der Waals surface area contributed by atoms with Crippen molar-refractivity contribution >= 4 is 17.2 Å². The lowest BCUT2D eigenvalue weighted by atomic mass is 9.75. The Labute approximate surface area is 177 Å². The molecule has 0 radical (unpaired) electrons. The standard InChI is InChI=1S/C23H19ClF3NO2/c1-12-3-4-16(20-13(10-28)7-14(25)8-17(12)20)15-5-6-19(24)21-18(15)9-23(26,27)22(21)30-11-29-2/h3,5-8,16,22H,4,9,11H2,1-2H3/t16-,22+/m1/s1. The fourth-order valence-electron chi connectivity index (χ4n) is 4.56. The summed E-state index contributed by atoms with van der Waals surface area (Å²) in [5, 5.41) is 9.82. The molecule has 0 amide bonds. The summed E-state index contributed by atoms with van der Waals surface area (Å²) in [7, 11) is 1.36. The lowest BCUT2D eigenvalue weighted by molar-refractivity contribution is -0.169. The molecule has 30 heavy (non-hydrogen) atoms. The van der Waals surface area contributed by atoms with E-state index in [4.69, 9.17) is 21.1 Å². The first-order chi connectivity index (χ1) is 14.3. The van der Waals surface area contributed by atoms with Crippen LogP contribution in [0.15, 0.2) is 30.3 Å². The summed E-state index contributed by atoms with van der Waals surface area (Å²) in [6.07, 6.45) is 0.427. The summed E-state index contributed by atoms with van der Waals surface area (Å²) in [6, 6.07) is 7.96. The van der Waals surface area contributed by atoms with Gasteiger partial charge in [0.25, 0.3) is 5.92 Å². The normalized spacial score (nSPS) is 21.6. The predicted octanol–water partition coefficient (Wildman–Crippen LogP) is 6.14. The number of alkyl halides is 2. The van der Waals surface area contributed by atoms with E-state index in [1.807, 2.05) is 13.0 Å². The number of hydrogen-bond donors (Lipinski definition) is 0. The van der Waals surface area contributed by atoms with E-state index in [1.54, 1.807) is 12.1 Å². The Morgan fingerprint density at radius 1 is 1.27 bits per heavy atom. The van der Waals surface area contributed by atoms with Crippen molar-refractivity contribution in [2.75, 3.05) is 13.9 Å². The van der Waals surface area contributed by atoms with E-state index in [0.717, 1.165) is 5.57 Å². The highest BCUT2D eigenvalue weighted by molar-refractivity contribution is 6.31. The molecule has 3 nitrogen and oxygen atoms in total. The summed E-state index contributed by atoms with van der Waals surface area (Å²) in [4.78, 5) is 0. The average molecular weight is 434 g/mol. The second-order valence-corrected chi connectivity index (χ2v) is 8.03. The van der Waals surface area contributed by atoms with Crippen LogP contribution in [0.25, 0.3) is 5.57 Å². The van der Waals surface area contributed by atoms with Crippen molar-refractivity contribution < 1.29 is 22.6 Å². The summed E-state index contributed by atoms with van der Waals surface area (Å²) in [6.45, 7) is 1.57. The number of fused-ring (bicyclic) bond motifs is 2. The Hall–Kier alpha value is -2.33. The number of halogens is 4. The summed E-state index contributed by atoms with van der Waals surface area (Å²) < 4.78 is 53.9. The molecule has 2 aromatic carbocycles. The average Bonchev–Trinajstić information content (AvgIpc) is 2.98. The van der Waals surface area contributed by atoms with Gasteiger partial charge >= 0.3 is 0 Å². The number of hydrogen-bond acceptors (Lipinski definition) is 3. The van der Waals surface area contributed by atoms with Crippen LogP contribution >= 0.6 is 11.6 Å². The lowest BCUT2D eigenvalue weighted by Gasteiger charge is -2.28. The van der Waals surface area contributed by atoms with E-state index in [1.165, 1.54) is 19.2 Å². The maximum atomic E-state index is 14.9. The molecule has 0 heterocycles. The number of benzene rings is 2. The molecule has 0 aromatic heterocycles. The molecule has 2 aromatic rings. The fourth-order valence-corrected chi connectivity index (χ4v) is 4.83. The molecular formula is C23H19ClF3NO2. The van der Waals surface area contributed by atoms with Crippen molar-refractivity contribution in [3.05, 3.63) is 74.6 Å². The monoisotopic (exact) mass is 433 g/mol. The highest BCUT2D eigenvalue weighted by atomic mass is 35.5. The minimum Gasteiger partial charge on any atom is -0.359 e. The van der Waals surface area contributed by atoms with E-state index in [2.05, 4.69) is 6.07 Å². The predicted molar refractivity (Wildman–Crippen MR) is 107 cm³/mol. The third kappa shape index (κ3) is 3.31. The summed E-state index contributed by atoms with van der Waals surface area (Å²) >= 11 is 6.32. The molecule has 7 heteroatoms. The number of rotatable bonds is 4. The van der Waals surface area contributed by atoms with Crippen LogP contribution in [-0.2, 0) is 15.9 Å². The van der Waals surface area contributed by atoms with Crippen molar-refractivity contribution in [1.29, 1.82) is 5.26 Å². The van der Waals surface area contributed by atoms with Gasteiger partial charge in [-0.2, -0.15) is 5.26 Å². The second kappa shape index (κ2) is 7.73. The van der Waals surface area contributed by atoms with Gasteiger partial charge in [-0.05, 0) is 59.4 Å². The topological polar surface area (TPSA) is 42.2 Å².